The molecule has 1 saturated heterocycles. The van der Waals surface area contributed by atoms with Crippen molar-refractivity contribution in [1.82, 2.24) is 19.8 Å². The summed E-state index contributed by atoms with van der Waals surface area (Å²) >= 11 is 0. The number of aromatic nitrogens is 2. The zero-order valence-electron chi connectivity index (χ0n) is 20.2. The molecule has 2 fully saturated rings. The number of hydrogen-bond donors (Lipinski definition) is 3. The highest BCUT2D eigenvalue weighted by Crippen LogP contribution is 2.38. The van der Waals surface area contributed by atoms with Gasteiger partial charge in [0.1, 0.15) is 5.75 Å². The molecule has 1 aromatic heterocycles. The van der Waals surface area contributed by atoms with Gasteiger partial charge in [-0.2, -0.15) is 0 Å². The summed E-state index contributed by atoms with van der Waals surface area (Å²) in [6, 6.07) is 8.93. The number of carbonyl (C=O) groups is 3. The number of nitrogens with one attached hydrogen (secondary N) is 1. The number of imidazole rings is 1. The van der Waals surface area contributed by atoms with Crippen molar-refractivity contribution in [3.63, 3.8) is 0 Å². The van der Waals surface area contributed by atoms with Gasteiger partial charge in [0, 0.05) is 50.1 Å². The number of unbranched alkanes of at least 4 members (excludes halogenated alkanes) is 1. The van der Waals surface area contributed by atoms with Gasteiger partial charge in [0.15, 0.2) is 0 Å². The lowest BCUT2D eigenvalue weighted by Gasteiger charge is -2.25. The highest BCUT2D eigenvalue weighted by molar-refractivity contribution is 5.77. The zero-order chi connectivity index (χ0) is 25.5. The summed E-state index contributed by atoms with van der Waals surface area (Å²) in [5.41, 5.74) is 1.24. The predicted octanol–water partition coefficient (Wildman–Crippen LogP) is 2.49. The number of ether oxygens (including phenoxy) is 1. The van der Waals surface area contributed by atoms with Crippen molar-refractivity contribution >= 4 is 18.9 Å². The maximum absolute atomic E-state index is 11.7. The second kappa shape index (κ2) is 15.5. The second-order valence-electron chi connectivity index (χ2n) is 8.74. The van der Waals surface area contributed by atoms with Crippen molar-refractivity contribution in [3.05, 3.63) is 48.5 Å². The number of rotatable bonds is 9. The lowest BCUT2D eigenvalue weighted by Crippen LogP contribution is -2.38. The highest BCUT2D eigenvalue weighted by Gasteiger charge is 2.39. The summed E-state index contributed by atoms with van der Waals surface area (Å²) in [5.74, 6) is 2.41. The average Bonchev–Trinajstić information content (AvgIpc) is 3.50. The quantitative estimate of drug-likeness (QED) is 0.362. The van der Waals surface area contributed by atoms with Crippen molar-refractivity contribution in [2.24, 2.45) is 11.8 Å². The first-order valence-corrected chi connectivity index (χ1v) is 11.8. The number of benzene rings is 1. The number of hydrogen-bond acceptors (Lipinski definition) is 6. The minimum atomic E-state index is -0.250. The topological polar surface area (TPSA) is 134 Å². The number of amides is 1. The van der Waals surface area contributed by atoms with E-state index in [0.717, 1.165) is 51.3 Å². The molecule has 1 saturated carbocycles. The highest BCUT2D eigenvalue weighted by atomic mass is 16.5. The monoisotopic (exact) mass is 488 g/mol. The number of fused-ring (bicyclic) bond motifs is 1. The molecule has 10 heteroatoms. The van der Waals surface area contributed by atoms with Crippen LogP contribution in [0.2, 0.25) is 0 Å². The van der Waals surface area contributed by atoms with Gasteiger partial charge in [0.05, 0.1) is 12.9 Å². The van der Waals surface area contributed by atoms with Crippen molar-refractivity contribution in [1.29, 1.82) is 0 Å². The first-order chi connectivity index (χ1) is 17.0. The Morgan fingerprint density at radius 1 is 1.17 bits per heavy atom. The fraction of sp³-hybridized carbons (Fsp3) is 0.520. The molecule has 3 N–H and O–H groups in total. The van der Waals surface area contributed by atoms with E-state index in [1.807, 2.05) is 24.8 Å². The van der Waals surface area contributed by atoms with Gasteiger partial charge in [-0.1, -0.05) is 18.2 Å². The Hall–Kier alpha value is -3.40. The van der Waals surface area contributed by atoms with Crippen LogP contribution in [0.25, 0.3) is 0 Å². The summed E-state index contributed by atoms with van der Waals surface area (Å²) < 4.78 is 8.22. The molecule has 4 rings (SSSR count). The smallest absolute Gasteiger partial charge is 0.290 e. The predicted molar refractivity (Wildman–Crippen MR) is 130 cm³/mol. The van der Waals surface area contributed by atoms with Crippen LogP contribution >= 0.6 is 0 Å². The van der Waals surface area contributed by atoms with E-state index in [9.17, 15) is 4.79 Å². The number of carboxylic acid groups (broad SMARTS) is 2. The largest absolute Gasteiger partial charge is 0.493 e. The number of para-hydroxylation sites is 1. The van der Waals surface area contributed by atoms with Crippen LogP contribution in [0.3, 0.4) is 0 Å². The van der Waals surface area contributed by atoms with Crippen LogP contribution in [0.5, 0.6) is 5.75 Å². The molecule has 0 unspecified atom stereocenters. The SMILES string of the molecule is CN(Cc1ccccc1OCCCCn1ccnc1)[C@H]1C[C@H]2CC(=O)NC[C@H]2C1.O=CO.O=CO. The van der Waals surface area contributed by atoms with Crippen molar-refractivity contribution in [3.8, 4) is 5.75 Å². The molecule has 1 aliphatic carbocycles. The molecule has 192 valence electrons. The van der Waals surface area contributed by atoms with Gasteiger partial charge in [-0.15, -0.1) is 0 Å². The lowest BCUT2D eigenvalue weighted by molar-refractivity contribution is -0.124. The molecular weight excluding hydrogens is 452 g/mol. The maximum Gasteiger partial charge on any atom is 0.290 e. The van der Waals surface area contributed by atoms with Gasteiger partial charge in [-0.05, 0) is 50.6 Å². The van der Waals surface area contributed by atoms with Gasteiger partial charge in [0.25, 0.3) is 12.9 Å². The van der Waals surface area contributed by atoms with E-state index in [4.69, 9.17) is 24.5 Å². The molecule has 2 aromatic rings. The molecule has 1 aromatic carbocycles. The van der Waals surface area contributed by atoms with Gasteiger partial charge in [-0.3, -0.25) is 19.3 Å². The first kappa shape index (κ1) is 27.8. The van der Waals surface area contributed by atoms with E-state index in [-0.39, 0.29) is 18.9 Å². The van der Waals surface area contributed by atoms with Gasteiger partial charge >= 0.3 is 0 Å². The van der Waals surface area contributed by atoms with Gasteiger partial charge < -0.3 is 24.8 Å². The summed E-state index contributed by atoms with van der Waals surface area (Å²) in [7, 11) is 2.21. The first-order valence-electron chi connectivity index (χ1n) is 11.8. The van der Waals surface area contributed by atoms with E-state index in [0.29, 0.717) is 24.3 Å². The third-order valence-corrected chi connectivity index (χ3v) is 6.47. The number of carbonyl (C=O) groups excluding carboxylic acids is 1. The molecule has 1 amide bonds. The zero-order valence-corrected chi connectivity index (χ0v) is 20.2. The van der Waals surface area contributed by atoms with E-state index in [2.05, 4.69) is 45.0 Å². The minimum Gasteiger partial charge on any atom is -0.493 e. The summed E-state index contributed by atoms with van der Waals surface area (Å²) in [4.78, 5) is 34.9. The summed E-state index contributed by atoms with van der Waals surface area (Å²) in [6.07, 6.45) is 10.8. The van der Waals surface area contributed by atoms with Crippen LogP contribution in [-0.2, 0) is 27.5 Å². The molecule has 0 bridgehead atoms. The fourth-order valence-corrected chi connectivity index (χ4v) is 4.77. The Morgan fingerprint density at radius 3 is 2.60 bits per heavy atom. The molecule has 2 heterocycles. The van der Waals surface area contributed by atoms with Crippen LogP contribution in [-0.4, -0.2) is 69.8 Å². The normalized spacial score (nSPS) is 20.4. The van der Waals surface area contributed by atoms with Crippen LogP contribution < -0.4 is 10.1 Å². The van der Waals surface area contributed by atoms with Crippen LogP contribution in [0, 0.1) is 11.8 Å². The molecular formula is C25H36N4O6. The van der Waals surface area contributed by atoms with E-state index in [1.54, 1.807) is 0 Å². The Morgan fingerprint density at radius 2 is 1.89 bits per heavy atom. The van der Waals surface area contributed by atoms with Gasteiger partial charge in [0.2, 0.25) is 5.91 Å². The van der Waals surface area contributed by atoms with E-state index in [1.165, 1.54) is 12.0 Å². The summed E-state index contributed by atoms with van der Waals surface area (Å²) in [6.45, 7) is 2.95. The van der Waals surface area contributed by atoms with E-state index < -0.39 is 0 Å². The molecule has 10 nitrogen and oxygen atoms in total. The minimum absolute atomic E-state index is 0.223. The molecule has 0 spiro atoms. The van der Waals surface area contributed by atoms with Gasteiger partial charge in [-0.25, -0.2) is 4.98 Å². The summed E-state index contributed by atoms with van der Waals surface area (Å²) in [5, 5.41) is 16.8. The Kier molecular flexibility index (Phi) is 12.3. The number of nitrogens with zero attached hydrogens (tertiary/aromatic N) is 3. The molecule has 2 aliphatic rings. The number of piperidine rings is 1. The average molecular weight is 489 g/mol. The Balaban J connectivity index is 0.000000655. The third-order valence-electron chi connectivity index (χ3n) is 6.47. The lowest BCUT2D eigenvalue weighted by atomic mass is 9.89. The molecule has 0 radical (unpaired) electrons. The second-order valence-corrected chi connectivity index (χ2v) is 8.74. The Bertz CT molecular complexity index is 886. The molecule has 35 heavy (non-hydrogen) atoms. The standard InChI is InChI=1S/C23H32N4O2.2CH2O2/c1-26(21-12-19-14-23(28)25-15-20(19)13-21)16-18-6-2-3-7-22(18)29-11-5-4-9-27-10-8-24-17-27;2*2-1-3/h2-3,6-8,10,17,19-21H,4-5,9,11-16H2,1H3,(H,25,28);2*1H,(H,2,3)/t19-,20+,21-;;/m0../s1. The fourth-order valence-electron chi connectivity index (χ4n) is 4.77. The Labute approximate surface area is 205 Å². The van der Waals surface area contributed by atoms with Crippen molar-refractivity contribution < 1.29 is 29.3 Å². The third kappa shape index (κ3) is 9.40. The maximum atomic E-state index is 11.7. The van der Waals surface area contributed by atoms with Crippen LogP contribution in [0.4, 0.5) is 0 Å². The van der Waals surface area contributed by atoms with Crippen molar-refractivity contribution in [2.75, 3.05) is 20.2 Å². The van der Waals surface area contributed by atoms with Crippen LogP contribution in [0.1, 0.15) is 37.7 Å². The van der Waals surface area contributed by atoms with E-state index >= 15 is 0 Å². The van der Waals surface area contributed by atoms with Crippen LogP contribution in [0.15, 0.2) is 43.0 Å². The van der Waals surface area contributed by atoms with Crippen molar-refractivity contribution in [2.45, 2.75) is 51.2 Å². The molecule has 1 aliphatic heterocycles. The number of aryl methyl sites for hydroxylation is 1. The molecule has 3 atom stereocenters.